The van der Waals surface area contributed by atoms with Gasteiger partial charge in [-0.25, -0.2) is 17.8 Å². The van der Waals surface area contributed by atoms with Crippen LogP contribution in [0.2, 0.25) is 0 Å². The smallest absolute Gasteiger partial charge is 0.571 e. The van der Waals surface area contributed by atoms with Gasteiger partial charge < -0.3 is 19.5 Å². The number of carbonyl (C=O) groups is 1. The Morgan fingerprint density at radius 2 is 2.10 bits per heavy atom. The molecule has 1 spiro atoms. The minimum absolute atomic E-state index is 0. The molecule has 1 aliphatic carbocycles. The van der Waals surface area contributed by atoms with E-state index >= 15 is 0 Å². The number of hydrogen-bond acceptors (Lipinski definition) is 6. The molecular weight excluding hydrogens is 428 g/mol. The third kappa shape index (κ3) is 4.75. The van der Waals surface area contributed by atoms with E-state index in [9.17, 15) is 17.6 Å². The molecule has 1 saturated carbocycles. The molecule has 1 aromatic carbocycles. The van der Waals surface area contributed by atoms with E-state index in [4.69, 9.17) is 9.47 Å². The molecule has 1 aliphatic heterocycles. The summed E-state index contributed by atoms with van der Waals surface area (Å²) in [6, 6.07) is 4.46. The second-order valence-corrected chi connectivity index (χ2v) is 8.23. The van der Waals surface area contributed by atoms with Gasteiger partial charge in [0.25, 0.3) is 5.91 Å². The van der Waals surface area contributed by atoms with Crippen LogP contribution < -0.4 is 66.2 Å². The van der Waals surface area contributed by atoms with Gasteiger partial charge in [-0.15, -0.1) is 5.69 Å². The van der Waals surface area contributed by atoms with Crippen molar-refractivity contribution in [3.63, 3.8) is 0 Å². The van der Waals surface area contributed by atoms with E-state index in [0.717, 1.165) is 25.0 Å². The Hall–Kier alpha value is -1.24. The van der Waals surface area contributed by atoms with Gasteiger partial charge in [0.1, 0.15) is 33.8 Å². The van der Waals surface area contributed by atoms with Crippen LogP contribution >= 0.6 is 0 Å². The van der Waals surface area contributed by atoms with Gasteiger partial charge in [-0.3, -0.25) is 4.79 Å². The van der Waals surface area contributed by atoms with Crippen LogP contribution in [0, 0.1) is 5.82 Å². The number of sulfonamides is 1. The molecule has 0 unspecified atom stereocenters. The van der Waals surface area contributed by atoms with Gasteiger partial charge in [0.2, 0.25) is 5.88 Å². The number of rotatable bonds is 5. The fourth-order valence-corrected chi connectivity index (χ4v) is 4.00. The van der Waals surface area contributed by atoms with E-state index in [-0.39, 0.29) is 86.4 Å². The van der Waals surface area contributed by atoms with Gasteiger partial charge in [0.15, 0.2) is 0 Å². The number of amides is 1. The van der Waals surface area contributed by atoms with Crippen molar-refractivity contribution in [1.29, 1.82) is 0 Å². The fourth-order valence-electron chi connectivity index (χ4n) is 2.89. The van der Waals surface area contributed by atoms with Crippen molar-refractivity contribution in [2.24, 2.45) is 0 Å². The average Bonchev–Trinajstić information content (AvgIpc) is 3.43. The maximum absolute atomic E-state index is 13.6. The number of ether oxygens (including phenoxy) is 2. The van der Waals surface area contributed by atoms with Gasteiger partial charge in [0.05, 0.1) is 17.0 Å². The molecule has 2 heterocycles. The Morgan fingerprint density at radius 1 is 1.34 bits per heavy atom. The zero-order valence-corrected chi connectivity index (χ0v) is 19.9. The number of hydrogen-bond donors (Lipinski definition) is 1. The molecule has 0 bridgehead atoms. The molecule has 0 atom stereocenters. The molecule has 0 saturated heterocycles. The maximum Gasteiger partial charge on any atom is 1.00 e. The van der Waals surface area contributed by atoms with Crippen molar-refractivity contribution in [2.75, 3.05) is 13.2 Å². The first-order valence-corrected chi connectivity index (χ1v) is 10.1. The summed E-state index contributed by atoms with van der Waals surface area (Å²) in [6.07, 6.45) is 2.82. The molecular formula is C18H17FKN3O5S. The van der Waals surface area contributed by atoms with Crippen LogP contribution in [0.25, 0.3) is 4.72 Å². The number of carbonyl (C=O) groups excluding carboxylic acids is 1. The van der Waals surface area contributed by atoms with Gasteiger partial charge in [0, 0.05) is 6.20 Å². The molecule has 1 fully saturated rings. The summed E-state index contributed by atoms with van der Waals surface area (Å²) in [5.41, 5.74) is -0.338. The van der Waals surface area contributed by atoms with Gasteiger partial charge in [-0.05, 0) is 38.0 Å². The van der Waals surface area contributed by atoms with Crippen molar-refractivity contribution in [1.82, 2.24) is 10.3 Å². The molecule has 1 amide bonds. The van der Waals surface area contributed by atoms with Crippen molar-refractivity contribution in [3.8, 4) is 11.6 Å². The number of benzene rings is 1. The fraction of sp³-hybridized carbons (Fsp3) is 0.333. The van der Waals surface area contributed by atoms with E-state index in [0.29, 0.717) is 6.61 Å². The van der Waals surface area contributed by atoms with Crippen LogP contribution in [0.5, 0.6) is 11.6 Å². The zero-order valence-electron chi connectivity index (χ0n) is 15.9. The first-order chi connectivity index (χ1) is 13.3. The number of nitrogens with zero attached hydrogens (tertiary/aromatic N) is 2. The zero-order chi connectivity index (χ0) is 19.9. The van der Waals surface area contributed by atoms with Crippen LogP contribution in [0.3, 0.4) is 0 Å². The van der Waals surface area contributed by atoms with Crippen LogP contribution in [-0.4, -0.2) is 38.1 Å². The summed E-state index contributed by atoms with van der Waals surface area (Å²) in [5, 5.41) is 2.88. The summed E-state index contributed by atoms with van der Waals surface area (Å²) < 4.78 is 53.6. The van der Waals surface area contributed by atoms with E-state index in [2.05, 4.69) is 15.0 Å². The summed E-state index contributed by atoms with van der Waals surface area (Å²) >= 11 is 0. The van der Waals surface area contributed by atoms with Gasteiger partial charge >= 0.3 is 51.4 Å². The summed E-state index contributed by atoms with van der Waals surface area (Å²) in [5.74, 6) is -1.02. The minimum atomic E-state index is -4.30. The first kappa shape index (κ1) is 22.4. The summed E-state index contributed by atoms with van der Waals surface area (Å²) in [4.78, 5) is 16.1. The summed E-state index contributed by atoms with van der Waals surface area (Å²) in [6.45, 7) is 2.20. The monoisotopic (exact) mass is 445 g/mol. The predicted molar refractivity (Wildman–Crippen MR) is 96.9 cm³/mol. The molecule has 1 aromatic heterocycles. The number of aromatic nitrogens is 1. The number of fused-ring (bicyclic) bond motifs is 1. The number of nitrogens with one attached hydrogen (secondary N) is 1. The Balaban J connectivity index is 0.00000240. The molecule has 0 radical (unpaired) electrons. The van der Waals surface area contributed by atoms with E-state index in [1.54, 1.807) is 6.92 Å². The molecule has 11 heteroatoms. The Labute approximate surface area is 210 Å². The molecule has 29 heavy (non-hydrogen) atoms. The first-order valence-electron chi connectivity index (χ1n) is 8.68. The van der Waals surface area contributed by atoms with Crippen LogP contribution in [0.15, 0.2) is 35.4 Å². The third-order valence-corrected chi connectivity index (χ3v) is 5.83. The largest absolute Gasteiger partial charge is 1.00 e. The standard InChI is InChI=1S/C18H17FN3O5S.K/c1-2-26-14-4-3-11(19)7-15(14)28(24,25)22-12-8-13-16(23)21-18(5-6-18)10-27-17(13)20-9-12;/h3-4,7-9H,2,5-6,10H2,1H3,(H,21,23);/q-1;+1. The second-order valence-electron chi connectivity index (χ2n) is 6.66. The normalized spacial score (nSPS) is 16.6. The second kappa shape index (κ2) is 8.48. The average molecular weight is 446 g/mol. The summed E-state index contributed by atoms with van der Waals surface area (Å²) in [7, 11) is -4.30. The Bertz CT molecular complexity index is 1060. The Kier molecular flexibility index (Phi) is 6.56. The van der Waals surface area contributed by atoms with Gasteiger partial charge in [-0.1, -0.05) is 6.07 Å². The number of pyridine rings is 1. The molecule has 1 N–H and O–H groups in total. The van der Waals surface area contributed by atoms with Crippen LogP contribution in [0.4, 0.5) is 10.1 Å². The van der Waals surface area contributed by atoms with E-state index in [1.165, 1.54) is 18.3 Å². The topological polar surface area (TPSA) is 109 Å². The van der Waals surface area contributed by atoms with E-state index in [1.807, 2.05) is 0 Å². The third-order valence-electron chi connectivity index (χ3n) is 4.51. The quantitative estimate of drug-likeness (QED) is 0.632. The van der Waals surface area contributed by atoms with Crippen molar-refractivity contribution in [2.45, 2.75) is 30.2 Å². The molecule has 2 aliphatic rings. The minimum Gasteiger partial charge on any atom is -0.571 e. The van der Waals surface area contributed by atoms with E-state index < -0.39 is 26.6 Å². The van der Waals surface area contributed by atoms with Gasteiger partial charge in [-0.2, -0.15) is 0 Å². The van der Waals surface area contributed by atoms with Crippen LogP contribution in [-0.2, 0) is 10.0 Å². The maximum atomic E-state index is 13.6. The number of halogens is 1. The molecule has 4 rings (SSSR count). The van der Waals surface area contributed by atoms with Crippen molar-refractivity contribution < 1.29 is 78.5 Å². The molecule has 2 aromatic rings. The molecule has 148 valence electrons. The van der Waals surface area contributed by atoms with Crippen molar-refractivity contribution >= 4 is 21.6 Å². The van der Waals surface area contributed by atoms with Crippen LogP contribution in [0.1, 0.15) is 30.1 Å². The predicted octanol–water partition coefficient (Wildman–Crippen LogP) is -0.328. The Morgan fingerprint density at radius 3 is 2.79 bits per heavy atom. The molecule has 8 nitrogen and oxygen atoms in total. The van der Waals surface area contributed by atoms with Crippen molar-refractivity contribution in [3.05, 3.63) is 46.6 Å². The SMILES string of the molecule is CCOc1ccc(F)cc1S(=O)(=O)[N-]c1cnc2c(c1)C(=O)NC1(CC1)CO2.[K+].